The highest BCUT2D eigenvalue weighted by atomic mass is 32.2. The summed E-state index contributed by atoms with van der Waals surface area (Å²) in [5, 5.41) is 0.398. The average molecular weight is 376 g/mol. The second-order valence-electron chi connectivity index (χ2n) is 7.88. The van der Waals surface area contributed by atoms with Gasteiger partial charge in [-0.3, -0.25) is 4.79 Å². The fourth-order valence-electron chi connectivity index (χ4n) is 4.73. The van der Waals surface area contributed by atoms with E-state index in [4.69, 9.17) is 8.60 Å². The molecule has 26 heavy (non-hydrogen) atoms. The molecule has 1 aromatic heterocycles. The molecule has 2 fully saturated rings. The topological polar surface area (TPSA) is 90.7 Å². The molecule has 2 unspecified atom stereocenters. The molecule has 1 aromatic carbocycles. The van der Waals surface area contributed by atoms with Crippen LogP contribution in [0.15, 0.2) is 39.5 Å². The van der Waals surface area contributed by atoms with Crippen LogP contribution in [0.25, 0.3) is 11.0 Å². The van der Waals surface area contributed by atoms with Crippen LogP contribution >= 0.6 is 0 Å². The van der Waals surface area contributed by atoms with E-state index in [0.717, 1.165) is 12.5 Å². The lowest BCUT2D eigenvalue weighted by Gasteiger charge is -2.35. The van der Waals surface area contributed by atoms with Crippen LogP contribution < -0.4 is 9.81 Å². The maximum Gasteiger partial charge on any atom is 0.340 e. The molecule has 6 nitrogen and oxygen atoms in total. The third kappa shape index (κ3) is 2.40. The molecule has 0 radical (unpaired) electrons. The molecule has 0 N–H and O–H groups in total. The van der Waals surface area contributed by atoms with E-state index in [1.807, 2.05) is 13.8 Å². The zero-order valence-corrected chi connectivity index (χ0v) is 15.5. The average Bonchev–Trinajstić information content (AvgIpc) is 2.88. The van der Waals surface area contributed by atoms with Gasteiger partial charge in [0.05, 0.1) is 22.6 Å². The predicted octanol–water partition coefficient (Wildman–Crippen LogP) is 2.90. The Morgan fingerprint density at radius 1 is 1.23 bits per heavy atom. The Balaban J connectivity index is 1.71. The second-order valence-corrected chi connectivity index (χ2v) is 9.45. The first-order valence-electron chi connectivity index (χ1n) is 8.63. The van der Waals surface area contributed by atoms with Crippen molar-refractivity contribution in [2.75, 3.05) is 5.75 Å². The zero-order chi connectivity index (χ0) is 18.7. The molecule has 0 spiro atoms. The van der Waals surface area contributed by atoms with Crippen LogP contribution in [0.4, 0.5) is 0 Å². The van der Waals surface area contributed by atoms with Crippen molar-refractivity contribution >= 4 is 26.9 Å². The number of hydrogen-bond donors (Lipinski definition) is 0. The van der Waals surface area contributed by atoms with E-state index in [-0.39, 0.29) is 34.2 Å². The summed E-state index contributed by atoms with van der Waals surface area (Å²) < 4.78 is 36.0. The number of ketones is 1. The molecule has 2 aliphatic carbocycles. The maximum atomic E-state index is 12.8. The Labute approximate surface area is 151 Å². The lowest BCUT2D eigenvalue weighted by atomic mass is 9.70. The monoisotopic (exact) mass is 376 g/mol. The molecule has 0 aliphatic heterocycles. The van der Waals surface area contributed by atoms with Gasteiger partial charge < -0.3 is 8.60 Å². The molecule has 2 aromatic rings. The smallest absolute Gasteiger partial charge is 0.340 e. The Kier molecular flexibility index (Phi) is 3.60. The lowest BCUT2D eigenvalue weighted by molar-refractivity contribution is -0.128. The normalized spacial score (nSPS) is 27.2. The maximum absolute atomic E-state index is 12.8. The molecule has 2 saturated carbocycles. The first kappa shape index (κ1) is 17.3. The molecule has 4 rings (SSSR count). The van der Waals surface area contributed by atoms with E-state index in [0.29, 0.717) is 18.2 Å². The molecular formula is C19H20O6S. The molecule has 2 bridgehead atoms. The number of Topliss-reactive ketones (excluding diaryl/α,β-unsaturated/α-hetero) is 1. The number of benzene rings is 1. The van der Waals surface area contributed by atoms with Crippen molar-refractivity contribution in [2.24, 2.45) is 16.7 Å². The van der Waals surface area contributed by atoms with Crippen molar-refractivity contribution in [1.82, 2.24) is 0 Å². The van der Waals surface area contributed by atoms with Gasteiger partial charge in [-0.05, 0) is 36.3 Å². The van der Waals surface area contributed by atoms with E-state index in [1.165, 1.54) is 0 Å². The summed E-state index contributed by atoms with van der Waals surface area (Å²) in [6, 6.07) is 7.60. The zero-order valence-electron chi connectivity index (χ0n) is 14.7. The van der Waals surface area contributed by atoms with Gasteiger partial charge in [-0.15, -0.1) is 0 Å². The van der Waals surface area contributed by atoms with Gasteiger partial charge >= 0.3 is 15.7 Å². The van der Waals surface area contributed by atoms with Crippen LogP contribution in [0.3, 0.4) is 0 Å². The molecular weight excluding hydrogens is 356 g/mol. The van der Waals surface area contributed by atoms with Gasteiger partial charge in [0.15, 0.2) is 5.75 Å². The summed E-state index contributed by atoms with van der Waals surface area (Å²) in [7, 11) is -4.08. The Morgan fingerprint density at radius 2 is 1.96 bits per heavy atom. The number of carbonyl (C=O) groups is 1. The van der Waals surface area contributed by atoms with Crippen LogP contribution in [0.5, 0.6) is 5.75 Å². The van der Waals surface area contributed by atoms with Crippen LogP contribution in [0, 0.1) is 16.7 Å². The predicted molar refractivity (Wildman–Crippen MR) is 95.5 cm³/mol. The molecule has 7 heteroatoms. The van der Waals surface area contributed by atoms with E-state index in [2.05, 4.69) is 0 Å². The SMILES string of the molecule is CC1(C)C2CCC1(CS(=O)(=O)Oc1cc(=O)oc3ccccc13)C(=O)C2. The Morgan fingerprint density at radius 3 is 2.62 bits per heavy atom. The quantitative estimate of drug-likeness (QED) is 0.602. The van der Waals surface area contributed by atoms with Gasteiger partial charge in [-0.25, -0.2) is 4.79 Å². The fraction of sp³-hybridized carbons (Fsp3) is 0.474. The molecule has 1 heterocycles. The van der Waals surface area contributed by atoms with Gasteiger partial charge in [-0.2, -0.15) is 8.42 Å². The number of carbonyl (C=O) groups excluding carboxylic acids is 1. The van der Waals surface area contributed by atoms with Crippen molar-refractivity contribution in [3.05, 3.63) is 40.8 Å². The third-order valence-electron chi connectivity index (χ3n) is 6.39. The summed E-state index contributed by atoms with van der Waals surface area (Å²) in [4.78, 5) is 24.3. The minimum absolute atomic E-state index is 0.00311. The van der Waals surface area contributed by atoms with Crippen LogP contribution in [-0.2, 0) is 14.9 Å². The fourth-order valence-corrected chi connectivity index (χ4v) is 6.48. The van der Waals surface area contributed by atoms with Gasteiger partial charge in [0.2, 0.25) is 0 Å². The summed E-state index contributed by atoms with van der Waals surface area (Å²) in [5.74, 6) is -0.208. The highest BCUT2D eigenvalue weighted by molar-refractivity contribution is 7.87. The number of hydrogen-bond acceptors (Lipinski definition) is 6. The molecule has 2 aliphatic rings. The number of fused-ring (bicyclic) bond motifs is 3. The lowest BCUT2D eigenvalue weighted by Crippen LogP contribution is -2.43. The van der Waals surface area contributed by atoms with Gasteiger partial charge in [0.1, 0.15) is 11.4 Å². The van der Waals surface area contributed by atoms with Crippen molar-refractivity contribution < 1.29 is 21.8 Å². The van der Waals surface area contributed by atoms with E-state index >= 15 is 0 Å². The first-order chi connectivity index (χ1) is 12.1. The van der Waals surface area contributed by atoms with Crippen molar-refractivity contribution in [3.8, 4) is 5.75 Å². The molecule has 2 atom stereocenters. The Bertz CT molecular complexity index is 1060. The standard InChI is InChI=1S/C19H20O6S/c1-18(2)12-7-8-19(18,16(20)9-12)11-26(22,23)25-15-10-17(21)24-14-6-4-3-5-13(14)15/h3-6,10,12H,7-9,11H2,1-2H3. The van der Waals surface area contributed by atoms with Crippen molar-refractivity contribution in [2.45, 2.75) is 33.1 Å². The van der Waals surface area contributed by atoms with E-state index in [9.17, 15) is 18.0 Å². The van der Waals surface area contributed by atoms with E-state index < -0.39 is 21.2 Å². The summed E-state index contributed by atoms with van der Waals surface area (Å²) in [6.07, 6.45) is 1.84. The third-order valence-corrected chi connectivity index (χ3v) is 7.67. The minimum atomic E-state index is -4.08. The van der Waals surface area contributed by atoms with Crippen LogP contribution in [-0.4, -0.2) is 20.0 Å². The molecule has 138 valence electrons. The van der Waals surface area contributed by atoms with Crippen LogP contribution in [0.2, 0.25) is 0 Å². The van der Waals surface area contributed by atoms with Crippen molar-refractivity contribution in [1.29, 1.82) is 0 Å². The van der Waals surface area contributed by atoms with Gasteiger partial charge in [0, 0.05) is 6.42 Å². The summed E-state index contributed by atoms with van der Waals surface area (Å²) in [5.41, 5.74) is -1.73. The Hall–Kier alpha value is -2.15. The van der Waals surface area contributed by atoms with E-state index in [1.54, 1.807) is 24.3 Å². The van der Waals surface area contributed by atoms with Crippen LogP contribution in [0.1, 0.15) is 33.1 Å². The molecule has 0 saturated heterocycles. The summed E-state index contributed by atoms with van der Waals surface area (Å²) in [6.45, 7) is 3.94. The van der Waals surface area contributed by atoms with Crippen molar-refractivity contribution in [3.63, 3.8) is 0 Å². The first-order valence-corrected chi connectivity index (χ1v) is 10.2. The molecule has 0 amide bonds. The highest BCUT2D eigenvalue weighted by Crippen LogP contribution is 2.64. The van der Waals surface area contributed by atoms with Gasteiger partial charge in [0.25, 0.3) is 0 Å². The summed E-state index contributed by atoms with van der Waals surface area (Å²) >= 11 is 0. The highest BCUT2D eigenvalue weighted by Gasteiger charge is 2.65. The second kappa shape index (κ2) is 5.42. The van der Waals surface area contributed by atoms with Gasteiger partial charge in [-0.1, -0.05) is 26.0 Å². The largest absolute Gasteiger partial charge is 0.422 e. The number of rotatable bonds is 4. The minimum Gasteiger partial charge on any atom is -0.422 e. The number of para-hydroxylation sites is 1.